The van der Waals surface area contributed by atoms with E-state index in [2.05, 4.69) is 4.74 Å². The summed E-state index contributed by atoms with van der Waals surface area (Å²) >= 11 is 10.6. The molecule has 1 aromatic carbocycles. The highest BCUT2D eigenvalue weighted by molar-refractivity contribution is 7.80. The summed E-state index contributed by atoms with van der Waals surface area (Å²) in [5, 5.41) is 0.191. The second-order valence-electron chi connectivity index (χ2n) is 3.24. The van der Waals surface area contributed by atoms with Gasteiger partial charge in [0.2, 0.25) is 0 Å². The van der Waals surface area contributed by atoms with Crippen molar-refractivity contribution in [2.45, 2.75) is 6.18 Å². The third kappa shape index (κ3) is 5.07. The van der Waals surface area contributed by atoms with E-state index in [1.807, 2.05) is 0 Å². The topological polar surface area (TPSA) is 44.5 Å². The molecule has 8 heteroatoms. The van der Waals surface area contributed by atoms with Crippen LogP contribution in [0.4, 0.5) is 13.2 Å². The smallest absolute Gasteiger partial charge is 0.411 e. The van der Waals surface area contributed by atoms with Crippen LogP contribution in [-0.2, 0) is 4.74 Å². The van der Waals surface area contributed by atoms with Gasteiger partial charge in [0.25, 0.3) is 0 Å². The highest BCUT2D eigenvalue weighted by atomic mass is 35.5. The monoisotopic (exact) mass is 299 g/mol. The van der Waals surface area contributed by atoms with E-state index in [4.69, 9.17) is 34.3 Å². The average Bonchev–Trinajstić information content (AvgIpc) is 2.24. The van der Waals surface area contributed by atoms with Gasteiger partial charge in [0, 0.05) is 5.56 Å². The minimum absolute atomic E-state index is 0.164. The van der Waals surface area contributed by atoms with Gasteiger partial charge in [-0.25, -0.2) is 0 Å². The molecule has 0 saturated heterocycles. The Bertz CT molecular complexity index is 440. The first-order valence-corrected chi connectivity index (χ1v) is 5.45. The SMILES string of the molecule is NC(=S)c1ccc(OCOCC(F)(F)F)c(Cl)c1. The summed E-state index contributed by atoms with van der Waals surface area (Å²) in [6, 6.07) is 4.46. The Labute approximate surface area is 112 Å². The van der Waals surface area contributed by atoms with Crippen LogP contribution >= 0.6 is 23.8 Å². The molecule has 100 valence electrons. The first kappa shape index (κ1) is 15.0. The molecule has 3 nitrogen and oxygen atoms in total. The molecule has 0 atom stereocenters. The molecule has 2 N–H and O–H groups in total. The molecule has 0 aliphatic rings. The Kier molecular flexibility index (Phi) is 5.18. The Morgan fingerprint density at radius 2 is 2.06 bits per heavy atom. The standard InChI is InChI=1S/C10H9ClF3NO2S/c11-7-3-6(9(15)18)1-2-8(7)17-5-16-4-10(12,13)14/h1-3H,4-5H2,(H2,15,18). The summed E-state index contributed by atoms with van der Waals surface area (Å²) in [5.74, 6) is 0.193. The Balaban J connectivity index is 2.51. The number of benzene rings is 1. The van der Waals surface area contributed by atoms with Crippen LogP contribution < -0.4 is 10.5 Å². The van der Waals surface area contributed by atoms with Crippen LogP contribution in [0.2, 0.25) is 5.02 Å². The van der Waals surface area contributed by atoms with E-state index in [9.17, 15) is 13.2 Å². The van der Waals surface area contributed by atoms with Gasteiger partial charge in [0.05, 0.1) is 5.02 Å². The van der Waals surface area contributed by atoms with Crippen molar-refractivity contribution in [3.8, 4) is 5.75 Å². The van der Waals surface area contributed by atoms with E-state index < -0.39 is 19.6 Å². The molecule has 0 saturated carbocycles. The number of ether oxygens (including phenoxy) is 2. The molecule has 0 aliphatic carbocycles. The van der Waals surface area contributed by atoms with Crippen LogP contribution in [0, 0.1) is 0 Å². The zero-order valence-corrected chi connectivity index (χ0v) is 10.5. The number of halogens is 4. The summed E-state index contributed by atoms with van der Waals surface area (Å²) in [5.41, 5.74) is 5.92. The van der Waals surface area contributed by atoms with Gasteiger partial charge in [-0.15, -0.1) is 0 Å². The predicted molar refractivity (Wildman–Crippen MR) is 64.8 cm³/mol. The molecule has 0 amide bonds. The van der Waals surface area contributed by atoms with Crippen LogP contribution in [0.1, 0.15) is 5.56 Å². The van der Waals surface area contributed by atoms with Crippen molar-refractivity contribution in [1.82, 2.24) is 0 Å². The summed E-state index contributed by atoms with van der Waals surface area (Å²) in [6.07, 6.45) is -4.39. The van der Waals surface area contributed by atoms with Crippen molar-refractivity contribution in [2.24, 2.45) is 5.73 Å². The third-order valence-electron chi connectivity index (χ3n) is 1.78. The van der Waals surface area contributed by atoms with Gasteiger partial charge in [-0.05, 0) is 18.2 Å². The van der Waals surface area contributed by atoms with E-state index in [1.54, 1.807) is 6.07 Å². The second-order valence-corrected chi connectivity index (χ2v) is 4.08. The van der Waals surface area contributed by atoms with E-state index in [1.165, 1.54) is 12.1 Å². The van der Waals surface area contributed by atoms with Crippen molar-refractivity contribution in [3.63, 3.8) is 0 Å². The minimum Gasteiger partial charge on any atom is -0.466 e. The van der Waals surface area contributed by atoms with Gasteiger partial charge < -0.3 is 15.2 Å². The van der Waals surface area contributed by atoms with Crippen LogP contribution in [0.5, 0.6) is 5.75 Å². The van der Waals surface area contributed by atoms with E-state index >= 15 is 0 Å². The lowest BCUT2D eigenvalue weighted by Crippen LogP contribution is -2.19. The van der Waals surface area contributed by atoms with Gasteiger partial charge in [0.15, 0.2) is 6.79 Å². The van der Waals surface area contributed by atoms with E-state index in [0.717, 1.165) is 0 Å². The Hall–Kier alpha value is -1.05. The third-order valence-corrected chi connectivity index (χ3v) is 2.31. The van der Waals surface area contributed by atoms with Gasteiger partial charge in [-0.3, -0.25) is 0 Å². The molecule has 1 aromatic rings. The second kappa shape index (κ2) is 6.21. The maximum absolute atomic E-state index is 11.8. The van der Waals surface area contributed by atoms with Gasteiger partial charge in [-0.1, -0.05) is 23.8 Å². The highest BCUT2D eigenvalue weighted by Crippen LogP contribution is 2.25. The Morgan fingerprint density at radius 3 is 2.56 bits per heavy atom. The molecule has 0 radical (unpaired) electrons. The first-order chi connectivity index (χ1) is 8.29. The van der Waals surface area contributed by atoms with Crippen LogP contribution in [0.15, 0.2) is 18.2 Å². The van der Waals surface area contributed by atoms with E-state index in [-0.39, 0.29) is 15.8 Å². The number of rotatable bonds is 5. The minimum atomic E-state index is -4.39. The average molecular weight is 300 g/mol. The highest BCUT2D eigenvalue weighted by Gasteiger charge is 2.27. The quantitative estimate of drug-likeness (QED) is 0.516. The maximum Gasteiger partial charge on any atom is 0.411 e. The molecular formula is C10H9ClF3NO2S. The number of hydrogen-bond donors (Lipinski definition) is 1. The largest absolute Gasteiger partial charge is 0.466 e. The fourth-order valence-corrected chi connectivity index (χ4v) is 1.40. The maximum atomic E-state index is 11.8. The molecule has 0 aromatic heterocycles. The van der Waals surface area contributed by atoms with Gasteiger partial charge in [-0.2, -0.15) is 13.2 Å². The van der Waals surface area contributed by atoms with Crippen LogP contribution in [-0.4, -0.2) is 24.6 Å². The molecule has 0 aliphatic heterocycles. The summed E-state index contributed by atoms with van der Waals surface area (Å²) < 4.78 is 44.5. The molecule has 0 spiro atoms. The van der Waals surface area contributed by atoms with Crippen molar-refractivity contribution in [1.29, 1.82) is 0 Å². The summed E-state index contributed by atoms with van der Waals surface area (Å²) in [6.45, 7) is -1.93. The van der Waals surface area contributed by atoms with Crippen molar-refractivity contribution < 1.29 is 22.6 Å². The number of nitrogens with two attached hydrogens (primary N) is 1. The number of hydrogen-bond acceptors (Lipinski definition) is 3. The summed E-state index contributed by atoms with van der Waals surface area (Å²) in [4.78, 5) is 0.164. The van der Waals surface area contributed by atoms with Crippen molar-refractivity contribution in [2.75, 3.05) is 13.4 Å². The van der Waals surface area contributed by atoms with Crippen LogP contribution in [0.25, 0.3) is 0 Å². The molecular weight excluding hydrogens is 291 g/mol. The first-order valence-electron chi connectivity index (χ1n) is 4.66. The fourth-order valence-electron chi connectivity index (χ4n) is 1.03. The summed E-state index contributed by atoms with van der Waals surface area (Å²) in [7, 11) is 0. The van der Waals surface area contributed by atoms with E-state index in [0.29, 0.717) is 5.56 Å². The Morgan fingerprint density at radius 1 is 1.39 bits per heavy atom. The van der Waals surface area contributed by atoms with Crippen LogP contribution in [0.3, 0.4) is 0 Å². The van der Waals surface area contributed by atoms with Crippen molar-refractivity contribution in [3.05, 3.63) is 28.8 Å². The predicted octanol–water partition coefficient (Wildman–Crippen LogP) is 2.89. The number of alkyl halides is 3. The lowest BCUT2D eigenvalue weighted by molar-refractivity contribution is -0.186. The zero-order valence-electron chi connectivity index (χ0n) is 8.96. The normalized spacial score (nSPS) is 11.3. The lowest BCUT2D eigenvalue weighted by atomic mass is 10.2. The fraction of sp³-hybridized carbons (Fsp3) is 0.300. The molecule has 0 fully saturated rings. The molecule has 0 unspecified atom stereocenters. The zero-order chi connectivity index (χ0) is 13.8. The van der Waals surface area contributed by atoms with Gasteiger partial charge >= 0.3 is 6.18 Å². The lowest BCUT2D eigenvalue weighted by Gasteiger charge is -2.11. The molecule has 18 heavy (non-hydrogen) atoms. The molecule has 0 heterocycles. The van der Waals surface area contributed by atoms with Gasteiger partial charge in [0.1, 0.15) is 17.3 Å². The molecule has 1 rings (SSSR count). The number of thiocarbonyl (C=S) groups is 1. The van der Waals surface area contributed by atoms with Crippen molar-refractivity contribution >= 4 is 28.8 Å². The molecule has 0 bridgehead atoms.